The molecule has 260 valence electrons. The van der Waals surface area contributed by atoms with Crippen molar-refractivity contribution in [1.29, 1.82) is 0 Å². The Bertz CT molecular complexity index is 3200. The predicted molar refractivity (Wildman–Crippen MR) is 227 cm³/mol. The third-order valence-corrected chi connectivity index (χ3v) is 11.9. The molecule has 1 aliphatic carbocycles. The number of benzene rings is 8. The molecule has 0 saturated carbocycles. The molecule has 2 aromatic heterocycles. The zero-order valence-corrected chi connectivity index (χ0v) is 30.3. The van der Waals surface area contributed by atoms with Crippen LogP contribution in [0.4, 0.5) is 0 Å². The Balaban J connectivity index is 1.12. The average Bonchev–Trinajstić information content (AvgIpc) is 3.77. The second-order valence-corrected chi connectivity index (χ2v) is 14.7. The van der Waals surface area contributed by atoms with Crippen LogP contribution in [0.3, 0.4) is 0 Å². The second-order valence-electron chi connectivity index (χ2n) is 14.7. The van der Waals surface area contributed by atoms with Gasteiger partial charge in [-0.3, -0.25) is 0 Å². The van der Waals surface area contributed by atoms with Crippen LogP contribution in [0.15, 0.2) is 194 Å². The van der Waals surface area contributed by atoms with Gasteiger partial charge < -0.3 is 4.57 Å². The Morgan fingerprint density at radius 1 is 0.339 bits per heavy atom. The third kappa shape index (κ3) is 4.21. The van der Waals surface area contributed by atoms with Gasteiger partial charge in [0.25, 0.3) is 0 Å². The Kier molecular flexibility index (Phi) is 6.52. The van der Waals surface area contributed by atoms with E-state index in [-0.39, 0.29) is 0 Å². The molecule has 10 aromatic rings. The summed E-state index contributed by atoms with van der Waals surface area (Å²) in [6.45, 7) is 0. The third-order valence-electron chi connectivity index (χ3n) is 11.9. The van der Waals surface area contributed by atoms with Crippen LogP contribution in [-0.2, 0) is 5.41 Å². The van der Waals surface area contributed by atoms with Crippen molar-refractivity contribution >= 4 is 21.8 Å². The molecule has 12 rings (SSSR count). The minimum absolute atomic E-state index is 0.515. The number of para-hydroxylation sites is 3. The van der Waals surface area contributed by atoms with Crippen LogP contribution in [0.25, 0.3) is 83.9 Å². The molecule has 0 fully saturated rings. The highest BCUT2D eigenvalue weighted by molar-refractivity contribution is 6.12. The fraction of sp³-hybridized carbons (Fsp3) is 0.0192. The molecule has 3 heterocycles. The highest BCUT2D eigenvalue weighted by Crippen LogP contribution is 2.61. The van der Waals surface area contributed by atoms with E-state index < -0.39 is 5.41 Å². The molecule has 0 saturated heterocycles. The molecule has 1 atom stereocenters. The molecule has 0 radical (unpaired) electrons. The van der Waals surface area contributed by atoms with Gasteiger partial charge in [0, 0.05) is 27.5 Å². The van der Waals surface area contributed by atoms with Crippen LogP contribution < -0.4 is 0 Å². The van der Waals surface area contributed by atoms with Crippen molar-refractivity contribution in [2.45, 2.75) is 5.41 Å². The Labute approximate surface area is 324 Å². The number of rotatable bonds is 4. The Morgan fingerprint density at radius 3 is 1.73 bits per heavy atom. The smallest absolute Gasteiger partial charge is 0.164 e. The highest BCUT2D eigenvalue weighted by Gasteiger charge is 2.50. The Hall–Kier alpha value is -7.43. The van der Waals surface area contributed by atoms with Crippen molar-refractivity contribution in [2.24, 2.45) is 0 Å². The molecule has 8 aromatic carbocycles. The van der Waals surface area contributed by atoms with Gasteiger partial charge in [-0.25, -0.2) is 15.0 Å². The second kappa shape index (κ2) is 11.8. The first-order valence-corrected chi connectivity index (χ1v) is 19.1. The summed E-state index contributed by atoms with van der Waals surface area (Å²) in [4.78, 5) is 15.6. The van der Waals surface area contributed by atoms with Crippen LogP contribution in [-0.4, -0.2) is 19.5 Å². The largest absolute Gasteiger partial charge is 0.309 e. The summed E-state index contributed by atoms with van der Waals surface area (Å²) < 4.78 is 2.49. The van der Waals surface area contributed by atoms with Crippen molar-refractivity contribution in [2.75, 3.05) is 0 Å². The van der Waals surface area contributed by atoms with Gasteiger partial charge in [0.1, 0.15) is 0 Å². The summed E-state index contributed by atoms with van der Waals surface area (Å²) >= 11 is 0. The van der Waals surface area contributed by atoms with E-state index in [1.165, 1.54) is 60.9 Å². The summed E-state index contributed by atoms with van der Waals surface area (Å²) in [7, 11) is 0. The number of fused-ring (bicyclic) bond motifs is 12. The van der Waals surface area contributed by atoms with Gasteiger partial charge in [0.15, 0.2) is 17.5 Å². The van der Waals surface area contributed by atoms with Crippen LogP contribution in [0.5, 0.6) is 0 Å². The van der Waals surface area contributed by atoms with E-state index in [0.717, 1.165) is 27.8 Å². The SMILES string of the molecule is c1ccc(-c2nc(-c3ccc4c(c3)-c3ccccc3C43c4ccccc4-n4c5ccccc5c5cccc3c54)nc(-c3ccccc3-c3ccccc3)n2)cc1. The fourth-order valence-corrected chi connectivity index (χ4v) is 9.60. The van der Waals surface area contributed by atoms with Crippen LogP contribution in [0.1, 0.15) is 22.3 Å². The van der Waals surface area contributed by atoms with Gasteiger partial charge in [-0.1, -0.05) is 176 Å². The van der Waals surface area contributed by atoms with Gasteiger partial charge >= 0.3 is 0 Å². The lowest BCUT2D eigenvalue weighted by Crippen LogP contribution is -2.33. The minimum Gasteiger partial charge on any atom is -0.309 e. The van der Waals surface area contributed by atoms with E-state index in [0.29, 0.717) is 17.5 Å². The maximum Gasteiger partial charge on any atom is 0.164 e. The van der Waals surface area contributed by atoms with E-state index in [4.69, 9.17) is 15.0 Å². The molecule has 4 nitrogen and oxygen atoms in total. The lowest BCUT2D eigenvalue weighted by molar-refractivity contribution is 0.748. The number of hydrogen-bond acceptors (Lipinski definition) is 3. The van der Waals surface area contributed by atoms with E-state index in [1.54, 1.807) is 0 Å². The quantitative estimate of drug-likeness (QED) is 0.182. The zero-order valence-electron chi connectivity index (χ0n) is 30.3. The molecule has 0 amide bonds. The first-order valence-electron chi connectivity index (χ1n) is 19.1. The molecule has 0 N–H and O–H groups in total. The molecular formula is C52H32N4. The molecule has 1 spiro atoms. The minimum atomic E-state index is -0.515. The lowest BCUT2D eigenvalue weighted by Gasteiger charge is -2.39. The average molecular weight is 713 g/mol. The van der Waals surface area contributed by atoms with Gasteiger partial charge in [-0.15, -0.1) is 0 Å². The highest BCUT2D eigenvalue weighted by atomic mass is 15.0. The molecule has 56 heavy (non-hydrogen) atoms. The van der Waals surface area contributed by atoms with Crippen molar-refractivity contribution in [1.82, 2.24) is 19.5 Å². The van der Waals surface area contributed by atoms with E-state index >= 15 is 0 Å². The topological polar surface area (TPSA) is 43.6 Å². The van der Waals surface area contributed by atoms with Crippen molar-refractivity contribution in [3.8, 4) is 62.1 Å². The molecule has 1 aliphatic heterocycles. The maximum atomic E-state index is 5.27. The monoisotopic (exact) mass is 712 g/mol. The van der Waals surface area contributed by atoms with Gasteiger partial charge in [0.05, 0.1) is 22.1 Å². The fourth-order valence-electron chi connectivity index (χ4n) is 9.60. The number of aromatic nitrogens is 4. The predicted octanol–water partition coefficient (Wildman–Crippen LogP) is 12.3. The van der Waals surface area contributed by atoms with Crippen molar-refractivity contribution in [3.05, 3.63) is 216 Å². The first kappa shape index (κ1) is 31.0. The molecule has 4 heteroatoms. The van der Waals surface area contributed by atoms with E-state index in [2.05, 4.69) is 174 Å². The van der Waals surface area contributed by atoms with Crippen molar-refractivity contribution < 1.29 is 0 Å². The van der Waals surface area contributed by atoms with Gasteiger partial charge in [0.2, 0.25) is 0 Å². The molecule has 2 aliphatic rings. The molecule has 1 unspecified atom stereocenters. The Morgan fingerprint density at radius 2 is 0.911 bits per heavy atom. The molecule has 0 bridgehead atoms. The maximum absolute atomic E-state index is 5.27. The van der Waals surface area contributed by atoms with Crippen molar-refractivity contribution in [3.63, 3.8) is 0 Å². The number of hydrogen-bond donors (Lipinski definition) is 0. The first-order chi connectivity index (χ1) is 27.8. The summed E-state index contributed by atoms with van der Waals surface area (Å²) in [6.07, 6.45) is 0. The number of nitrogens with zero attached hydrogens (tertiary/aromatic N) is 4. The van der Waals surface area contributed by atoms with Crippen LogP contribution in [0.2, 0.25) is 0 Å². The summed E-state index contributed by atoms with van der Waals surface area (Å²) in [5, 5.41) is 2.54. The zero-order chi connectivity index (χ0) is 36.8. The van der Waals surface area contributed by atoms with Gasteiger partial charge in [-0.2, -0.15) is 0 Å². The van der Waals surface area contributed by atoms with Crippen LogP contribution in [0, 0.1) is 0 Å². The molecular weight excluding hydrogens is 681 g/mol. The lowest BCUT2D eigenvalue weighted by atomic mass is 9.65. The summed E-state index contributed by atoms with van der Waals surface area (Å²) in [5.74, 6) is 1.93. The van der Waals surface area contributed by atoms with Gasteiger partial charge in [-0.05, 0) is 62.7 Å². The normalized spacial score (nSPS) is 14.9. The standard InChI is InChI=1S/C52H32N4/c1-3-16-33(17-4-1)36-20-7-8-23-40(36)51-54-49(34-18-5-2-6-19-34)53-50(55-51)35-30-31-43-41(32-35)37-21-9-11-25-42(37)52(43)44-26-12-14-29-47(44)56-46-28-13-10-22-38(46)39-24-15-27-45(52)48(39)56/h1-32H. The summed E-state index contributed by atoms with van der Waals surface area (Å²) in [5.41, 5.74) is 15.8. The van der Waals surface area contributed by atoms with E-state index in [1.807, 2.05) is 24.3 Å². The van der Waals surface area contributed by atoms with E-state index in [9.17, 15) is 0 Å². The summed E-state index contributed by atoms with van der Waals surface area (Å²) in [6, 6.07) is 69.5. The van der Waals surface area contributed by atoms with Crippen LogP contribution >= 0.6 is 0 Å².